The summed E-state index contributed by atoms with van der Waals surface area (Å²) in [5.74, 6) is -0.529. The van der Waals surface area contributed by atoms with E-state index in [1.54, 1.807) is 46.2 Å². The highest BCUT2D eigenvalue weighted by atomic mass is 16.6. The molecule has 1 rings (SSSR count). The molecular weight excluding hydrogens is 324 g/mol. The predicted octanol–water partition coefficient (Wildman–Crippen LogP) is 2.94. The minimum absolute atomic E-state index is 0.186. The van der Waals surface area contributed by atoms with Crippen LogP contribution in [0, 0.1) is 0 Å². The molecule has 1 aromatic heterocycles. The first kappa shape index (κ1) is 20.6. The van der Waals surface area contributed by atoms with Gasteiger partial charge < -0.3 is 19.1 Å². The maximum absolute atomic E-state index is 12.4. The molecule has 0 aromatic carbocycles. The van der Waals surface area contributed by atoms with Gasteiger partial charge in [0.15, 0.2) is 0 Å². The van der Waals surface area contributed by atoms with Crippen molar-refractivity contribution in [1.29, 1.82) is 0 Å². The quantitative estimate of drug-likeness (QED) is 0.556. The van der Waals surface area contributed by atoms with Crippen LogP contribution in [-0.2, 0) is 27.4 Å². The van der Waals surface area contributed by atoms with Gasteiger partial charge in [0, 0.05) is 19.9 Å². The fraction of sp³-hybridized carbons (Fsp3) is 0.500. The summed E-state index contributed by atoms with van der Waals surface area (Å²) in [7, 11) is 2.85. The van der Waals surface area contributed by atoms with Crippen LogP contribution in [0.5, 0.6) is 0 Å². The molecule has 0 atom stereocenters. The first-order valence-corrected chi connectivity index (χ1v) is 7.85. The molecule has 0 N–H and O–H groups in total. The third-order valence-electron chi connectivity index (χ3n) is 3.14. The lowest BCUT2D eigenvalue weighted by molar-refractivity contribution is 0.0255. The standard InChI is InChI=1S/C18H26N2O5/c1-7-8-20(17(22)25-18(2,3)4)11-14-10-19-15(16(21)24-6)9-13(14)12-23-5/h7,9-10H,1,8,11-12H2,2-6H3. The highest BCUT2D eigenvalue weighted by molar-refractivity contribution is 5.87. The number of carbonyl (C=O) groups is 2. The Bertz CT molecular complexity index is 622. The molecule has 0 aliphatic heterocycles. The molecule has 0 aliphatic carbocycles. The minimum Gasteiger partial charge on any atom is -0.464 e. The Balaban J connectivity index is 3.08. The molecule has 0 fully saturated rings. The second kappa shape index (κ2) is 9.17. The van der Waals surface area contributed by atoms with Crippen LogP contribution in [0.3, 0.4) is 0 Å². The van der Waals surface area contributed by atoms with Crippen LogP contribution in [0.25, 0.3) is 0 Å². The second-order valence-corrected chi connectivity index (χ2v) is 6.41. The van der Waals surface area contributed by atoms with Gasteiger partial charge in [-0.05, 0) is 38.0 Å². The van der Waals surface area contributed by atoms with Gasteiger partial charge in [-0.25, -0.2) is 14.6 Å². The first-order valence-electron chi connectivity index (χ1n) is 7.85. The molecule has 0 aliphatic rings. The van der Waals surface area contributed by atoms with Gasteiger partial charge in [0.25, 0.3) is 0 Å². The predicted molar refractivity (Wildman–Crippen MR) is 93.1 cm³/mol. The van der Waals surface area contributed by atoms with E-state index < -0.39 is 17.7 Å². The van der Waals surface area contributed by atoms with Crippen LogP contribution < -0.4 is 0 Å². The van der Waals surface area contributed by atoms with Crippen molar-refractivity contribution in [3.8, 4) is 0 Å². The lowest BCUT2D eigenvalue weighted by atomic mass is 10.1. The van der Waals surface area contributed by atoms with E-state index in [9.17, 15) is 9.59 Å². The maximum Gasteiger partial charge on any atom is 0.410 e. The smallest absolute Gasteiger partial charge is 0.410 e. The van der Waals surface area contributed by atoms with E-state index in [2.05, 4.69) is 16.3 Å². The van der Waals surface area contributed by atoms with E-state index in [1.807, 2.05) is 0 Å². The Morgan fingerprint density at radius 2 is 1.96 bits per heavy atom. The Labute approximate surface area is 148 Å². The third kappa shape index (κ3) is 6.54. The summed E-state index contributed by atoms with van der Waals surface area (Å²) in [5, 5.41) is 0. The van der Waals surface area contributed by atoms with E-state index in [4.69, 9.17) is 9.47 Å². The largest absolute Gasteiger partial charge is 0.464 e. The van der Waals surface area contributed by atoms with Gasteiger partial charge in [0.05, 0.1) is 20.3 Å². The van der Waals surface area contributed by atoms with Gasteiger partial charge in [0.1, 0.15) is 11.3 Å². The molecule has 138 valence electrons. The molecule has 0 radical (unpaired) electrons. The fourth-order valence-electron chi connectivity index (χ4n) is 2.07. The van der Waals surface area contributed by atoms with Crippen LogP contribution >= 0.6 is 0 Å². The SMILES string of the molecule is C=CCN(Cc1cnc(C(=O)OC)cc1COC)C(=O)OC(C)(C)C. The van der Waals surface area contributed by atoms with Gasteiger partial charge in [-0.1, -0.05) is 6.08 Å². The topological polar surface area (TPSA) is 78.0 Å². The number of hydrogen-bond acceptors (Lipinski definition) is 6. The fourth-order valence-corrected chi connectivity index (χ4v) is 2.07. The lowest BCUT2D eigenvalue weighted by Gasteiger charge is -2.27. The van der Waals surface area contributed by atoms with Crippen LogP contribution in [-0.4, -0.2) is 48.3 Å². The van der Waals surface area contributed by atoms with Crippen molar-refractivity contribution in [2.45, 2.75) is 39.5 Å². The van der Waals surface area contributed by atoms with Crippen LogP contribution in [0.4, 0.5) is 4.79 Å². The van der Waals surface area contributed by atoms with Crippen molar-refractivity contribution >= 4 is 12.1 Å². The normalized spacial score (nSPS) is 10.9. The number of esters is 1. The lowest BCUT2D eigenvalue weighted by Crippen LogP contribution is -2.36. The molecular formula is C18H26N2O5. The van der Waals surface area contributed by atoms with E-state index in [0.29, 0.717) is 6.54 Å². The average molecular weight is 350 g/mol. The molecule has 0 bridgehead atoms. The molecule has 25 heavy (non-hydrogen) atoms. The van der Waals surface area contributed by atoms with Gasteiger partial charge in [-0.2, -0.15) is 0 Å². The van der Waals surface area contributed by atoms with E-state index in [1.165, 1.54) is 12.0 Å². The zero-order valence-electron chi connectivity index (χ0n) is 15.5. The molecule has 0 spiro atoms. The van der Waals surface area contributed by atoms with E-state index in [-0.39, 0.29) is 18.8 Å². The number of aromatic nitrogens is 1. The third-order valence-corrected chi connectivity index (χ3v) is 3.14. The molecule has 1 aromatic rings. The summed E-state index contributed by atoms with van der Waals surface area (Å²) >= 11 is 0. The van der Waals surface area contributed by atoms with Crippen molar-refractivity contribution in [2.24, 2.45) is 0 Å². The minimum atomic E-state index is -0.598. The van der Waals surface area contributed by atoms with Crippen molar-refractivity contribution in [3.05, 3.63) is 41.7 Å². The van der Waals surface area contributed by atoms with Crippen molar-refractivity contribution in [2.75, 3.05) is 20.8 Å². The Morgan fingerprint density at radius 3 is 2.48 bits per heavy atom. The number of nitrogens with zero attached hydrogens (tertiary/aromatic N) is 2. The van der Waals surface area contributed by atoms with Crippen LogP contribution in [0.1, 0.15) is 42.4 Å². The Morgan fingerprint density at radius 1 is 1.28 bits per heavy atom. The number of pyridine rings is 1. The highest BCUT2D eigenvalue weighted by Gasteiger charge is 2.23. The maximum atomic E-state index is 12.4. The van der Waals surface area contributed by atoms with Crippen molar-refractivity contribution < 1.29 is 23.8 Å². The summed E-state index contributed by atoms with van der Waals surface area (Å²) in [6.07, 6.45) is 2.71. The molecule has 7 heteroatoms. The van der Waals surface area contributed by atoms with E-state index >= 15 is 0 Å². The number of hydrogen-bond donors (Lipinski definition) is 0. The summed E-state index contributed by atoms with van der Waals surface area (Å²) in [4.78, 5) is 29.6. The highest BCUT2D eigenvalue weighted by Crippen LogP contribution is 2.17. The number of ether oxygens (including phenoxy) is 3. The number of rotatable bonds is 7. The number of methoxy groups -OCH3 is 2. The van der Waals surface area contributed by atoms with Gasteiger partial charge in [-0.3, -0.25) is 0 Å². The summed E-state index contributed by atoms with van der Waals surface area (Å²) < 4.78 is 15.3. The zero-order chi connectivity index (χ0) is 19.0. The van der Waals surface area contributed by atoms with E-state index in [0.717, 1.165) is 11.1 Å². The number of amides is 1. The molecule has 7 nitrogen and oxygen atoms in total. The van der Waals surface area contributed by atoms with Gasteiger partial charge >= 0.3 is 12.1 Å². The van der Waals surface area contributed by atoms with Crippen LogP contribution in [0.2, 0.25) is 0 Å². The van der Waals surface area contributed by atoms with Gasteiger partial charge in [0.2, 0.25) is 0 Å². The molecule has 1 heterocycles. The Kier molecular flexibility index (Phi) is 7.57. The van der Waals surface area contributed by atoms with Crippen molar-refractivity contribution in [3.63, 3.8) is 0 Å². The first-order chi connectivity index (χ1) is 11.7. The molecule has 0 unspecified atom stereocenters. The summed E-state index contributed by atoms with van der Waals surface area (Å²) in [6, 6.07) is 1.60. The summed E-state index contributed by atoms with van der Waals surface area (Å²) in [6.45, 7) is 9.95. The van der Waals surface area contributed by atoms with Crippen LogP contribution in [0.15, 0.2) is 24.9 Å². The monoisotopic (exact) mass is 350 g/mol. The molecule has 1 amide bonds. The van der Waals surface area contributed by atoms with Crippen molar-refractivity contribution in [1.82, 2.24) is 9.88 Å². The molecule has 0 saturated heterocycles. The number of carbonyl (C=O) groups excluding carboxylic acids is 2. The summed E-state index contributed by atoms with van der Waals surface area (Å²) in [5.41, 5.74) is 1.09. The average Bonchev–Trinajstić information content (AvgIpc) is 2.53. The molecule has 0 saturated carbocycles. The Hall–Kier alpha value is -2.41. The zero-order valence-corrected chi connectivity index (χ0v) is 15.5. The van der Waals surface area contributed by atoms with Gasteiger partial charge in [-0.15, -0.1) is 6.58 Å². The second-order valence-electron chi connectivity index (χ2n) is 6.41.